The Kier molecular flexibility index (Phi) is 6.63. The van der Waals surface area contributed by atoms with E-state index >= 15 is 0 Å². The number of hydrogen-bond acceptors (Lipinski definition) is 2. The maximum atomic E-state index is 13.6. The van der Waals surface area contributed by atoms with Gasteiger partial charge in [0.1, 0.15) is 0 Å². The highest BCUT2D eigenvalue weighted by Gasteiger charge is 2.04. The molecule has 17 heavy (non-hydrogen) atoms. The van der Waals surface area contributed by atoms with Crippen LogP contribution in [-0.2, 0) is 6.54 Å². The summed E-state index contributed by atoms with van der Waals surface area (Å²) in [6.45, 7) is 3.44. The molecule has 3 heteroatoms. The number of ether oxygens (including phenoxy) is 1. The molecule has 0 saturated carbocycles. The van der Waals surface area contributed by atoms with Crippen molar-refractivity contribution in [3.05, 3.63) is 29.6 Å². The van der Waals surface area contributed by atoms with Crippen LogP contribution in [0.15, 0.2) is 18.2 Å². The topological polar surface area (TPSA) is 21.3 Å². The Labute approximate surface area is 103 Å². The maximum Gasteiger partial charge on any atom is 0.165 e. The van der Waals surface area contributed by atoms with E-state index in [9.17, 15) is 4.39 Å². The van der Waals surface area contributed by atoms with E-state index in [2.05, 4.69) is 12.2 Å². The largest absolute Gasteiger partial charge is 0.491 e. The third-order valence-corrected chi connectivity index (χ3v) is 2.63. The standard InChI is InChI=1S/C14H22FNO/c1-3-4-5-6-9-17-14-8-7-12(11-16-2)10-13(14)15/h7-8,10,16H,3-6,9,11H2,1-2H3. The molecule has 0 aromatic heterocycles. The monoisotopic (exact) mass is 239 g/mol. The number of rotatable bonds is 8. The summed E-state index contributed by atoms with van der Waals surface area (Å²) in [4.78, 5) is 0. The smallest absolute Gasteiger partial charge is 0.165 e. The zero-order valence-electron chi connectivity index (χ0n) is 10.8. The molecule has 0 amide bonds. The van der Waals surface area contributed by atoms with Crippen LogP contribution in [0.5, 0.6) is 5.75 Å². The average Bonchev–Trinajstić information content (AvgIpc) is 2.32. The second kappa shape index (κ2) is 8.07. The second-order valence-corrected chi connectivity index (χ2v) is 4.20. The Morgan fingerprint density at radius 3 is 2.71 bits per heavy atom. The van der Waals surface area contributed by atoms with E-state index < -0.39 is 0 Å². The summed E-state index contributed by atoms with van der Waals surface area (Å²) in [6, 6.07) is 5.13. The maximum absolute atomic E-state index is 13.6. The molecule has 2 nitrogen and oxygen atoms in total. The van der Waals surface area contributed by atoms with Crippen LogP contribution in [0.4, 0.5) is 4.39 Å². The van der Waals surface area contributed by atoms with E-state index in [-0.39, 0.29) is 5.82 Å². The van der Waals surface area contributed by atoms with Crippen molar-refractivity contribution < 1.29 is 9.13 Å². The molecule has 0 fully saturated rings. The number of halogens is 1. The lowest BCUT2D eigenvalue weighted by molar-refractivity contribution is 0.290. The predicted molar refractivity (Wildman–Crippen MR) is 68.8 cm³/mol. The van der Waals surface area contributed by atoms with Crippen LogP contribution in [0.2, 0.25) is 0 Å². The van der Waals surface area contributed by atoms with Gasteiger partial charge in [0.2, 0.25) is 0 Å². The van der Waals surface area contributed by atoms with E-state index in [0.717, 1.165) is 18.4 Å². The lowest BCUT2D eigenvalue weighted by Gasteiger charge is -2.08. The Hall–Kier alpha value is -1.09. The van der Waals surface area contributed by atoms with Gasteiger partial charge in [-0.05, 0) is 31.2 Å². The van der Waals surface area contributed by atoms with E-state index in [1.54, 1.807) is 6.07 Å². The van der Waals surface area contributed by atoms with Crippen molar-refractivity contribution in [2.45, 2.75) is 39.2 Å². The summed E-state index contributed by atoms with van der Waals surface area (Å²) in [6.07, 6.45) is 4.56. The van der Waals surface area contributed by atoms with Crippen LogP contribution in [-0.4, -0.2) is 13.7 Å². The van der Waals surface area contributed by atoms with Gasteiger partial charge in [0.25, 0.3) is 0 Å². The lowest BCUT2D eigenvalue weighted by Crippen LogP contribution is -2.06. The molecule has 96 valence electrons. The van der Waals surface area contributed by atoms with Gasteiger partial charge in [-0.2, -0.15) is 0 Å². The van der Waals surface area contributed by atoms with Crippen LogP contribution in [0.3, 0.4) is 0 Å². The normalized spacial score (nSPS) is 10.5. The minimum Gasteiger partial charge on any atom is -0.491 e. The highest BCUT2D eigenvalue weighted by Crippen LogP contribution is 2.18. The summed E-state index contributed by atoms with van der Waals surface area (Å²) in [5, 5.41) is 2.99. The molecule has 0 aliphatic carbocycles. The Morgan fingerprint density at radius 2 is 2.06 bits per heavy atom. The third-order valence-electron chi connectivity index (χ3n) is 2.63. The molecule has 0 spiro atoms. The van der Waals surface area contributed by atoms with Crippen molar-refractivity contribution >= 4 is 0 Å². The zero-order valence-corrected chi connectivity index (χ0v) is 10.8. The van der Waals surface area contributed by atoms with Crippen molar-refractivity contribution in [1.29, 1.82) is 0 Å². The van der Waals surface area contributed by atoms with Gasteiger partial charge < -0.3 is 10.1 Å². The SMILES string of the molecule is CCCCCCOc1ccc(CNC)cc1F. The van der Waals surface area contributed by atoms with Crippen molar-refractivity contribution in [2.24, 2.45) is 0 Å². The van der Waals surface area contributed by atoms with Gasteiger partial charge in [0.05, 0.1) is 6.61 Å². The molecule has 0 atom stereocenters. The van der Waals surface area contributed by atoms with Gasteiger partial charge in [-0.15, -0.1) is 0 Å². The van der Waals surface area contributed by atoms with Gasteiger partial charge in [-0.3, -0.25) is 0 Å². The average molecular weight is 239 g/mol. The van der Waals surface area contributed by atoms with Gasteiger partial charge in [-0.1, -0.05) is 32.3 Å². The fourth-order valence-corrected chi connectivity index (χ4v) is 1.69. The summed E-state index contributed by atoms with van der Waals surface area (Å²) in [5.74, 6) is 0.0922. The highest BCUT2D eigenvalue weighted by molar-refractivity contribution is 5.29. The minimum atomic E-state index is -0.270. The number of nitrogens with one attached hydrogen (secondary N) is 1. The van der Waals surface area contributed by atoms with Crippen molar-refractivity contribution in [3.8, 4) is 5.75 Å². The molecule has 0 saturated heterocycles. The van der Waals surface area contributed by atoms with E-state index in [0.29, 0.717) is 18.9 Å². The molecule has 1 aromatic carbocycles. The lowest BCUT2D eigenvalue weighted by atomic mass is 10.2. The highest BCUT2D eigenvalue weighted by atomic mass is 19.1. The fraction of sp³-hybridized carbons (Fsp3) is 0.571. The first-order chi connectivity index (χ1) is 8.27. The van der Waals surface area contributed by atoms with E-state index in [1.807, 2.05) is 13.1 Å². The molecule has 0 radical (unpaired) electrons. The van der Waals surface area contributed by atoms with E-state index in [1.165, 1.54) is 18.9 Å². The minimum absolute atomic E-state index is 0.270. The Morgan fingerprint density at radius 1 is 1.24 bits per heavy atom. The zero-order chi connectivity index (χ0) is 12.5. The summed E-state index contributed by atoms with van der Waals surface area (Å²) in [7, 11) is 1.84. The van der Waals surface area contributed by atoms with Crippen LogP contribution in [0.1, 0.15) is 38.2 Å². The molecule has 1 aromatic rings. The molecule has 0 heterocycles. The van der Waals surface area contributed by atoms with Crippen molar-refractivity contribution in [2.75, 3.05) is 13.7 Å². The van der Waals surface area contributed by atoms with Gasteiger partial charge in [-0.25, -0.2) is 4.39 Å². The Bertz CT molecular complexity index is 328. The molecule has 1 rings (SSSR count). The molecular formula is C14H22FNO. The predicted octanol–water partition coefficient (Wildman–Crippen LogP) is 3.50. The fourth-order valence-electron chi connectivity index (χ4n) is 1.69. The van der Waals surface area contributed by atoms with Crippen molar-refractivity contribution in [1.82, 2.24) is 5.32 Å². The van der Waals surface area contributed by atoms with Gasteiger partial charge >= 0.3 is 0 Å². The first-order valence-corrected chi connectivity index (χ1v) is 6.33. The van der Waals surface area contributed by atoms with Gasteiger partial charge in [0, 0.05) is 6.54 Å². The number of benzene rings is 1. The molecular weight excluding hydrogens is 217 g/mol. The quantitative estimate of drug-likeness (QED) is 0.701. The first kappa shape index (κ1) is 14.0. The number of unbranched alkanes of at least 4 members (excludes halogenated alkanes) is 3. The summed E-state index contributed by atoms with van der Waals surface area (Å²) >= 11 is 0. The van der Waals surface area contributed by atoms with Gasteiger partial charge in [0.15, 0.2) is 11.6 Å². The van der Waals surface area contributed by atoms with E-state index in [4.69, 9.17) is 4.74 Å². The molecule has 1 N–H and O–H groups in total. The first-order valence-electron chi connectivity index (χ1n) is 6.33. The van der Waals surface area contributed by atoms with Crippen LogP contribution in [0.25, 0.3) is 0 Å². The summed E-state index contributed by atoms with van der Waals surface area (Å²) in [5.41, 5.74) is 0.934. The summed E-state index contributed by atoms with van der Waals surface area (Å²) < 4.78 is 19.0. The van der Waals surface area contributed by atoms with Crippen LogP contribution in [0, 0.1) is 5.82 Å². The molecule has 0 aliphatic heterocycles. The second-order valence-electron chi connectivity index (χ2n) is 4.20. The van der Waals surface area contributed by atoms with Crippen LogP contribution < -0.4 is 10.1 Å². The third kappa shape index (κ3) is 5.18. The van der Waals surface area contributed by atoms with Crippen molar-refractivity contribution in [3.63, 3.8) is 0 Å². The molecule has 0 aliphatic rings. The number of hydrogen-bond donors (Lipinski definition) is 1. The molecule has 0 bridgehead atoms. The molecule has 0 unspecified atom stereocenters. The van der Waals surface area contributed by atoms with Crippen LogP contribution >= 0.6 is 0 Å². The Balaban J connectivity index is 2.38.